The molecule has 0 saturated heterocycles. The minimum atomic E-state index is -0.119. The Balaban J connectivity index is 1.59. The molecule has 2 heterocycles. The van der Waals surface area contributed by atoms with Crippen molar-refractivity contribution >= 4 is 46.6 Å². The lowest BCUT2D eigenvalue weighted by Gasteiger charge is -2.20. The van der Waals surface area contributed by atoms with Crippen molar-refractivity contribution in [1.29, 1.82) is 0 Å². The van der Waals surface area contributed by atoms with Gasteiger partial charge in [0.1, 0.15) is 5.82 Å². The van der Waals surface area contributed by atoms with Crippen LogP contribution in [0.2, 0.25) is 15.1 Å². The number of aromatic nitrogens is 2. The molecule has 26 heavy (non-hydrogen) atoms. The molecule has 2 aromatic carbocycles. The number of thioether (sulfide) groups is 1. The van der Waals surface area contributed by atoms with E-state index < -0.39 is 0 Å². The zero-order valence-electron chi connectivity index (χ0n) is 13.6. The third kappa shape index (κ3) is 3.90. The Hall–Kier alpha value is -1.17. The summed E-state index contributed by atoms with van der Waals surface area (Å²) in [5.41, 5.74) is 2.11. The highest BCUT2D eigenvalue weighted by atomic mass is 35.5. The highest BCUT2D eigenvalue weighted by Gasteiger charge is 2.36. The molecule has 0 amide bonds. The number of fused-ring (bicyclic) bond motifs is 1. The molecule has 4 rings (SSSR count). The number of rotatable bonds is 5. The molecule has 0 bridgehead atoms. The van der Waals surface area contributed by atoms with E-state index in [-0.39, 0.29) is 11.4 Å². The Kier molecular flexibility index (Phi) is 5.48. The van der Waals surface area contributed by atoms with E-state index in [0.29, 0.717) is 21.7 Å². The summed E-state index contributed by atoms with van der Waals surface area (Å²) in [6, 6.07) is 11.4. The molecule has 1 N–H and O–H groups in total. The van der Waals surface area contributed by atoms with Crippen molar-refractivity contribution in [3.63, 3.8) is 0 Å². The largest absolute Gasteiger partial charge is 0.368 e. The fourth-order valence-corrected chi connectivity index (χ4v) is 5.19. The molecular formula is C19H15Cl3N2OS. The molecule has 2 atom stereocenters. The standard InChI is InChI=1S/C19H15Cl3N2OS/c20-12-3-1-11(2-4-12)10-25-18-14-7-13(21)8-15(22)19(14)26-16(18)9-17-23-5-6-24-17/h1-8,16,18H,9-10H2,(H,23,24)/t16-,18-/m0/s1. The molecule has 1 aliphatic heterocycles. The highest BCUT2D eigenvalue weighted by Crippen LogP contribution is 2.51. The molecule has 0 aliphatic carbocycles. The monoisotopic (exact) mass is 424 g/mol. The molecule has 7 heteroatoms. The van der Waals surface area contributed by atoms with Crippen LogP contribution in [0.1, 0.15) is 23.1 Å². The molecule has 1 aromatic heterocycles. The predicted octanol–water partition coefficient (Wildman–Crippen LogP) is 6.34. The van der Waals surface area contributed by atoms with Crippen molar-refractivity contribution in [3.8, 4) is 0 Å². The van der Waals surface area contributed by atoms with Crippen molar-refractivity contribution in [2.45, 2.75) is 29.3 Å². The maximum atomic E-state index is 6.42. The van der Waals surface area contributed by atoms with E-state index in [9.17, 15) is 0 Å². The van der Waals surface area contributed by atoms with Gasteiger partial charge in [-0.1, -0.05) is 46.9 Å². The number of nitrogens with one attached hydrogen (secondary N) is 1. The van der Waals surface area contributed by atoms with Gasteiger partial charge in [-0.05, 0) is 35.4 Å². The molecule has 3 nitrogen and oxygen atoms in total. The summed E-state index contributed by atoms with van der Waals surface area (Å²) >= 11 is 20.3. The molecule has 0 spiro atoms. The SMILES string of the molecule is Clc1ccc(CO[C@H]2c3cc(Cl)cc(Cl)c3S[C@H]2Cc2ncc[nH]2)cc1. The number of hydrogen-bond acceptors (Lipinski definition) is 3. The minimum Gasteiger partial charge on any atom is -0.368 e. The van der Waals surface area contributed by atoms with E-state index in [1.54, 1.807) is 24.0 Å². The third-order valence-electron chi connectivity index (χ3n) is 4.24. The van der Waals surface area contributed by atoms with Crippen LogP contribution in [0.4, 0.5) is 0 Å². The minimum absolute atomic E-state index is 0.119. The number of imidazole rings is 1. The first-order valence-corrected chi connectivity index (χ1v) is 10.1. The summed E-state index contributed by atoms with van der Waals surface area (Å²) < 4.78 is 6.30. The highest BCUT2D eigenvalue weighted by molar-refractivity contribution is 8.00. The normalized spacial score (nSPS) is 18.9. The van der Waals surface area contributed by atoms with Gasteiger partial charge in [0.25, 0.3) is 0 Å². The molecule has 0 unspecified atom stereocenters. The maximum absolute atomic E-state index is 6.42. The van der Waals surface area contributed by atoms with Gasteiger partial charge in [0, 0.05) is 39.0 Å². The topological polar surface area (TPSA) is 37.9 Å². The lowest BCUT2D eigenvalue weighted by atomic mass is 10.0. The number of nitrogens with zero attached hydrogens (tertiary/aromatic N) is 1. The van der Waals surface area contributed by atoms with Gasteiger partial charge in [-0.2, -0.15) is 0 Å². The maximum Gasteiger partial charge on any atom is 0.107 e. The number of benzene rings is 2. The van der Waals surface area contributed by atoms with Crippen molar-refractivity contribution in [2.24, 2.45) is 0 Å². The number of ether oxygens (including phenoxy) is 1. The van der Waals surface area contributed by atoms with Crippen LogP contribution in [0, 0.1) is 0 Å². The van der Waals surface area contributed by atoms with Crippen LogP contribution in [0.25, 0.3) is 0 Å². The lowest BCUT2D eigenvalue weighted by Crippen LogP contribution is -2.17. The Morgan fingerprint density at radius 1 is 1.08 bits per heavy atom. The molecule has 134 valence electrons. The van der Waals surface area contributed by atoms with Crippen molar-refractivity contribution in [1.82, 2.24) is 9.97 Å². The van der Waals surface area contributed by atoms with Gasteiger partial charge in [-0.25, -0.2) is 4.98 Å². The Labute approximate surface area is 171 Å². The van der Waals surface area contributed by atoms with Gasteiger partial charge in [-0.3, -0.25) is 0 Å². The molecule has 0 radical (unpaired) electrons. The summed E-state index contributed by atoms with van der Waals surface area (Å²) in [5.74, 6) is 0.928. The second-order valence-corrected chi connectivity index (χ2v) is 8.59. The van der Waals surface area contributed by atoms with Crippen molar-refractivity contribution < 1.29 is 4.74 Å². The van der Waals surface area contributed by atoms with E-state index >= 15 is 0 Å². The van der Waals surface area contributed by atoms with Crippen molar-refractivity contribution in [3.05, 3.63) is 80.8 Å². The fraction of sp³-hybridized carbons (Fsp3) is 0.211. The number of aromatic amines is 1. The Morgan fingerprint density at radius 3 is 2.62 bits per heavy atom. The van der Waals surface area contributed by atoms with Gasteiger partial charge in [0.2, 0.25) is 0 Å². The quantitative estimate of drug-likeness (QED) is 0.518. The molecule has 3 aromatic rings. The average Bonchev–Trinajstić information content (AvgIpc) is 3.23. The smallest absolute Gasteiger partial charge is 0.107 e. The third-order valence-corrected chi connectivity index (χ3v) is 6.53. The molecule has 0 saturated carbocycles. The van der Waals surface area contributed by atoms with E-state index in [4.69, 9.17) is 39.5 Å². The van der Waals surface area contributed by atoms with Gasteiger partial charge in [-0.15, -0.1) is 11.8 Å². The summed E-state index contributed by atoms with van der Waals surface area (Å²) in [5, 5.41) is 2.16. The Bertz CT molecular complexity index is 900. The average molecular weight is 426 g/mol. The van der Waals surface area contributed by atoms with Gasteiger partial charge < -0.3 is 9.72 Å². The lowest BCUT2D eigenvalue weighted by molar-refractivity contribution is 0.0392. The summed E-state index contributed by atoms with van der Waals surface area (Å²) in [6.07, 6.45) is 4.23. The first-order valence-electron chi connectivity index (χ1n) is 8.10. The number of hydrogen-bond donors (Lipinski definition) is 1. The molecule has 0 fully saturated rings. The zero-order valence-corrected chi connectivity index (χ0v) is 16.7. The number of halogens is 3. The van der Waals surface area contributed by atoms with E-state index in [1.807, 2.05) is 36.5 Å². The van der Waals surface area contributed by atoms with E-state index in [2.05, 4.69) is 9.97 Å². The van der Waals surface area contributed by atoms with Gasteiger partial charge in [0.05, 0.1) is 17.7 Å². The second kappa shape index (κ2) is 7.83. The van der Waals surface area contributed by atoms with Crippen LogP contribution in [-0.4, -0.2) is 15.2 Å². The fourth-order valence-electron chi connectivity index (χ4n) is 3.04. The first-order chi connectivity index (χ1) is 12.6. The summed E-state index contributed by atoms with van der Waals surface area (Å²) in [7, 11) is 0. The molecule has 1 aliphatic rings. The summed E-state index contributed by atoms with van der Waals surface area (Å²) in [6.45, 7) is 0.487. The van der Waals surface area contributed by atoms with Gasteiger partial charge >= 0.3 is 0 Å². The van der Waals surface area contributed by atoms with Gasteiger partial charge in [0.15, 0.2) is 0 Å². The predicted molar refractivity (Wildman–Crippen MR) is 107 cm³/mol. The number of H-pyrrole nitrogens is 1. The van der Waals surface area contributed by atoms with Crippen molar-refractivity contribution in [2.75, 3.05) is 0 Å². The van der Waals surface area contributed by atoms with E-state index in [1.165, 1.54) is 0 Å². The Morgan fingerprint density at radius 2 is 1.88 bits per heavy atom. The first kappa shape index (κ1) is 18.2. The van der Waals surface area contributed by atoms with Crippen LogP contribution in [0.5, 0.6) is 0 Å². The summed E-state index contributed by atoms with van der Waals surface area (Å²) in [4.78, 5) is 8.55. The zero-order chi connectivity index (χ0) is 18.1. The van der Waals surface area contributed by atoms with E-state index in [0.717, 1.165) is 28.3 Å². The molecular weight excluding hydrogens is 411 g/mol. The van der Waals surface area contributed by atoms with Crippen LogP contribution in [0.15, 0.2) is 53.7 Å². The van der Waals surface area contributed by atoms with Crippen LogP contribution in [0.3, 0.4) is 0 Å². The second-order valence-electron chi connectivity index (χ2n) is 6.06. The van der Waals surface area contributed by atoms with Crippen LogP contribution in [-0.2, 0) is 17.8 Å². The van der Waals surface area contributed by atoms with Crippen LogP contribution < -0.4 is 0 Å². The van der Waals surface area contributed by atoms with Crippen LogP contribution >= 0.6 is 46.6 Å².